The zero-order valence-electron chi connectivity index (χ0n) is 45.3. The number of hydrogen-bond donors (Lipinski definition) is 0. The Morgan fingerprint density at radius 1 is 0.310 bits per heavy atom. The van der Waals surface area contributed by atoms with Gasteiger partial charge in [0.05, 0.1) is 32.9 Å². The Morgan fingerprint density at radius 2 is 0.762 bits per heavy atom. The van der Waals surface area contributed by atoms with Crippen LogP contribution in [-0.4, -0.2) is 0 Å². The minimum absolute atomic E-state index is 0.00221. The molecule has 196 valence electrons. The molecule has 0 nitrogen and oxygen atoms in total. The van der Waals surface area contributed by atoms with Gasteiger partial charge in [-0.2, -0.15) is 0 Å². The third-order valence-corrected chi connectivity index (χ3v) is 6.77. The summed E-state index contributed by atoms with van der Waals surface area (Å²) in [6.45, 7) is 0. The molecule has 0 N–H and O–H groups in total. The monoisotopic (exact) mass is 556 g/mol. The van der Waals surface area contributed by atoms with Crippen LogP contribution in [-0.2, 0) is 0 Å². The van der Waals surface area contributed by atoms with Crippen molar-refractivity contribution in [3.05, 3.63) is 169 Å². The van der Waals surface area contributed by atoms with E-state index in [4.69, 9.17) is 24.7 Å². The van der Waals surface area contributed by atoms with E-state index >= 15 is 0 Å². The minimum Gasteiger partial charge on any atom is -0.0622 e. The fourth-order valence-electron chi connectivity index (χ4n) is 4.95. The van der Waals surface area contributed by atoms with Crippen molar-refractivity contribution in [3.8, 4) is 44.5 Å². The summed E-state index contributed by atoms with van der Waals surface area (Å²) in [5.41, 5.74) is -2.85. The van der Waals surface area contributed by atoms with Gasteiger partial charge >= 0.3 is 0 Å². The van der Waals surface area contributed by atoms with Crippen molar-refractivity contribution in [2.45, 2.75) is 0 Å². The SMILES string of the molecule is [2H]c1c([2H])c([2H])c(-c2c3c([2H])c([2H])c([2H])c([2H])c3c(-c3c([2H])c([2H])c([2H])c(-c4ccc(-c5c([2H])c([2H])c([2H])c6c([2H])c([2H])c([2H])c([2H])c56)cc4)c3[2H])c3c([2H])c([2H])c([2H])c([2H])c23)c([2H])c1[2H]. The molecule has 0 saturated heterocycles. The first-order valence-electron chi connectivity index (χ1n) is 24.6. The van der Waals surface area contributed by atoms with Gasteiger partial charge in [-0.15, -0.1) is 0 Å². The molecule has 0 aliphatic rings. The topological polar surface area (TPSA) is 0 Å². The smallest absolute Gasteiger partial charge is 0.0622 e. The molecule has 0 bridgehead atoms. The van der Waals surface area contributed by atoms with Crippen LogP contribution in [0.1, 0.15) is 32.9 Å². The Bertz CT molecular complexity index is 3440. The maximum absolute atomic E-state index is 9.67. The number of benzene rings is 8. The van der Waals surface area contributed by atoms with E-state index in [-0.39, 0.29) is 33.0 Å². The molecule has 8 aromatic carbocycles. The van der Waals surface area contributed by atoms with E-state index in [1.54, 1.807) is 0 Å². The van der Waals surface area contributed by atoms with Crippen molar-refractivity contribution < 1.29 is 32.9 Å². The lowest BCUT2D eigenvalue weighted by atomic mass is 9.85. The van der Waals surface area contributed by atoms with Crippen LogP contribution in [0.25, 0.3) is 76.8 Å². The van der Waals surface area contributed by atoms with Gasteiger partial charge in [-0.3, -0.25) is 0 Å². The lowest BCUT2D eigenvalue weighted by Gasteiger charge is -2.18. The summed E-state index contributed by atoms with van der Waals surface area (Å²) in [6.07, 6.45) is 0. The molecule has 0 aliphatic carbocycles. The summed E-state index contributed by atoms with van der Waals surface area (Å²) in [6, 6.07) is -13.4. The van der Waals surface area contributed by atoms with E-state index in [0.29, 0.717) is 0 Å². The zero-order valence-corrected chi connectivity index (χ0v) is 21.3. The maximum atomic E-state index is 9.67. The predicted molar refractivity (Wildman–Crippen MR) is 181 cm³/mol. The van der Waals surface area contributed by atoms with E-state index in [9.17, 15) is 8.22 Å². The van der Waals surface area contributed by atoms with Gasteiger partial charge in [-0.05, 0) is 82.9 Å². The lowest BCUT2D eigenvalue weighted by molar-refractivity contribution is 1.60. The van der Waals surface area contributed by atoms with Crippen molar-refractivity contribution in [3.63, 3.8) is 0 Å². The van der Waals surface area contributed by atoms with E-state index in [0.717, 1.165) is 0 Å². The van der Waals surface area contributed by atoms with Gasteiger partial charge in [0.2, 0.25) is 0 Å². The van der Waals surface area contributed by atoms with Crippen LogP contribution in [0.2, 0.25) is 0 Å². The van der Waals surface area contributed by atoms with Gasteiger partial charge in [0.15, 0.2) is 0 Å². The molecule has 0 spiro atoms. The first-order valence-corrected chi connectivity index (χ1v) is 12.6. The van der Waals surface area contributed by atoms with E-state index in [2.05, 4.69) is 0 Å². The van der Waals surface area contributed by atoms with Crippen molar-refractivity contribution in [1.29, 1.82) is 0 Å². The first kappa shape index (κ1) is 10.1. The molecule has 0 radical (unpaired) electrons. The summed E-state index contributed by atoms with van der Waals surface area (Å²) in [5.74, 6) is 0. The average Bonchev–Trinajstić information content (AvgIpc) is 3.29. The Morgan fingerprint density at radius 3 is 1.43 bits per heavy atom. The summed E-state index contributed by atoms with van der Waals surface area (Å²) in [4.78, 5) is 0. The fraction of sp³-hybridized carbons (Fsp3) is 0. The second kappa shape index (κ2) is 10.2. The molecule has 0 heterocycles. The van der Waals surface area contributed by atoms with Gasteiger partial charge in [0, 0.05) is 0 Å². The van der Waals surface area contributed by atoms with Gasteiger partial charge in [-0.1, -0.05) is 163 Å². The maximum Gasteiger partial charge on any atom is 0.0636 e. The molecule has 0 aromatic heterocycles. The highest BCUT2D eigenvalue weighted by molar-refractivity contribution is 6.21. The van der Waals surface area contributed by atoms with E-state index in [1.165, 1.54) is 24.3 Å². The standard InChI is InChI=1S/C42H28/c1-2-13-32(14-3-1)41-37-19-6-8-21-39(37)42(40-22-9-7-20-38(40)41)34-17-10-16-33(28-34)29-24-26-31(27-25-29)36-23-11-15-30-12-4-5-18-35(30)36/h1-28H/i1D,2D,3D,4D,5D,6D,7D,8D,9D,10D,11D,12D,13D,14D,15D,16D,17D,18D,19D,20D,21D,22D,23D,28D. The highest BCUT2D eigenvalue weighted by atomic mass is 14.2. The van der Waals surface area contributed by atoms with Crippen LogP contribution in [0.15, 0.2) is 169 Å². The molecule has 42 heavy (non-hydrogen) atoms. The van der Waals surface area contributed by atoms with Gasteiger partial charge < -0.3 is 0 Å². The normalized spacial score (nSPS) is 19.3. The molecule has 0 fully saturated rings. The first-order chi connectivity index (χ1) is 30.8. The fourth-order valence-corrected chi connectivity index (χ4v) is 4.95. The molecular formula is C42H28. The summed E-state index contributed by atoms with van der Waals surface area (Å²) in [7, 11) is 0. The Labute approximate surface area is 279 Å². The van der Waals surface area contributed by atoms with Crippen LogP contribution in [0.5, 0.6) is 0 Å². The molecule has 0 atom stereocenters. The molecule has 8 aromatic rings. The van der Waals surface area contributed by atoms with Crippen LogP contribution >= 0.6 is 0 Å². The molecule has 0 aliphatic heterocycles. The van der Waals surface area contributed by atoms with Crippen LogP contribution < -0.4 is 0 Å². The lowest BCUT2D eigenvalue weighted by Crippen LogP contribution is -1.91. The van der Waals surface area contributed by atoms with Crippen LogP contribution in [0.3, 0.4) is 0 Å². The second-order valence-electron chi connectivity index (χ2n) is 9.08. The molecule has 8 rings (SSSR count). The van der Waals surface area contributed by atoms with E-state index < -0.39 is 189 Å². The molecular weight excluding hydrogens is 504 g/mol. The van der Waals surface area contributed by atoms with Crippen LogP contribution in [0.4, 0.5) is 0 Å². The van der Waals surface area contributed by atoms with Gasteiger partial charge in [-0.25, -0.2) is 0 Å². The summed E-state index contributed by atoms with van der Waals surface area (Å²) >= 11 is 0. The third kappa shape index (κ3) is 4.08. The number of fused-ring (bicyclic) bond motifs is 3. The molecule has 0 saturated carbocycles. The highest BCUT2D eigenvalue weighted by Crippen LogP contribution is 2.44. The zero-order chi connectivity index (χ0) is 48.8. The Kier molecular flexibility index (Phi) is 2.45. The molecule has 0 unspecified atom stereocenters. The summed E-state index contributed by atoms with van der Waals surface area (Å²) in [5, 5.41) is -2.89. The average molecular weight is 557 g/mol. The van der Waals surface area contributed by atoms with Crippen molar-refractivity contribution in [2.24, 2.45) is 0 Å². The number of rotatable bonds is 4. The Hall–Kier alpha value is -5.46. The highest BCUT2D eigenvalue weighted by Gasteiger charge is 2.16. The third-order valence-electron chi connectivity index (χ3n) is 6.77. The van der Waals surface area contributed by atoms with Crippen molar-refractivity contribution in [2.75, 3.05) is 0 Å². The van der Waals surface area contributed by atoms with E-state index in [1.807, 2.05) is 0 Å². The van der Waals surface area contributed by atoms with Crippen molar-refractivity contribution in [1.82, 2.24) is 0 Å². The second-order valence-corrected chi connectivity index (χ2v) is 9.08. The Balaban J connectivity index is 1.54. The largest absolute Gasteiger partial charge is 0.0636 e. The minimum atomic E-state index is -0.890. The molecule has 0 amide bonds. The van der Waals surface area contributed by atoms with Gasteiger partial charge in [0.1, 0.15) is 0 Å². The van der Waals surface area contributed by atoms with Gasteiger partial charge in [0.25, 0.3) is 0 Å². The number of hydrogen-bond acceptors (Lipinski definition) is 0. The predicted octanol–water partition coefficient (Wildman–Crippen LogP) is 11.8. The quantitative estimate of drug-likeness (QED) is 0.189. The van der Waals surface area contributed by atoms with Crippen molar-refractivity contribution >= 4 is 32.3 Å². The molecule has 0 heteroatoms. The summed E-state index contributed by atoms with van der Waals surface area (Å²) < 4.78 is 211. The van der Waals surface area contributed by atoms with Crippen LogP contribution in [0, 0.1) is 0 Å².